The number of nitro benzene ring substituents is 1. The van der Waals surface area contributed by atoms with Gasteiger partial charge in [0, 0.05) is 12.1 Å². The van der Waals surface area contributed by atoms with Gasteiger partial charge in [0.2, 0.25) is 5.91 Å². The molecule has 1 heterocycles. The van der Waals surface area contributed by atoms with Gasteiger partial charge in [-0.3, -0.25) is 14.9 Å². The summed E-state index contributed by atoms with van der Waals surface area (Å²) in [5, 5.41) is 16.7. The smallest absolute Gasteiger partial charge is 0.271 e. The summed E-state index contributed by atoms with van der Waals surface area (Å²) in [4.78, 5) is 22.3. The van der Waals surface area contributed by atoms with E-state index in [1.54, 1.807) is 6.07 Å². The minimum Gasteiger partial charge on any atom is -0.324 e. The van der Waals surface area contributed by atoms with Crippen LogP contribution in [0.15, 0.2) is 18.2 Å². The number of carbonyl (C=O) groups excluding carboxylic acids is 1. The summed E-state index contributed by atoms with van der Waals surface area (Å²) >= 11 is 0. The first-order chi connectivity index (χ1) is 9.08. The number of hydrogen-bond acceptors (Lipinski definition) is 4. The van der Waals surface area contributed by atoms with E-state index in [1.807, 2.05) is 6.92 Å². The number of benzene rings is 1. The fourth-order valence-corrected chi connectivity index (χ4v) is 2.15. The second kappa shape index (κ2) is 5.79. The fraction of sp³-hybridized carbons (Fsp3) is 0.462. The number of nitro groups is 1. The Hall–Kier alpha value is -1.95. The molecule has 0 aromatic heterocycles. The molecule has 1 atom stereocenters. The van der Waals surface area contributed by atoms with Crippen molar-refractivity contribution in [1.29, 1.82) is 0 Å². The van der Waals surface area contributed by atoms with E-state index in [-0.39, 0.29) is 17.6 Å². The highest BCUT2D eigenvalue weighted by molar-refractivity contribution is 5.95. The van der Waals surface area contributed by atoms with Crippen molar-refractivity contribution in [2.45, 2.75) is 32.2 Å². The Morgan fingerprint density at radius 3 is 2.89 bits per heavy atom. The summed E-state index contributed by atoms with van der Waals surface area (Å²) in [6, 6.07) is 4.27. The van der Waals surface area contributed by atoms with Gasteiger partial charge in [0.05, 0.1) is 16.7 Å². The summed E-state index contributed by atoms with van der Waals surface area (Å²) in [5.41, 5.74) is 1.30. The van der Waals surface area contributed by atoms with Crippen LogP contribution in [0.1, 0.15) is 24.8 Å². The Labute approximate surface area is 111 Å². The summed E-state index contributed by atoms with van der Waals surface area (Å²) in [6.07, 6.45) is 2.92. The third kappa shape index (κ3) is 3.29. The molecular formula is C13H17N3O3. The lowest BCUT2D eigenvalue weighted by Gasteiger charge is -2.22. The van der Waals surface area contributed by atoms with Crippen molar-refractivity contribution in [3.8, 4) is 0 Å². The van der Waals surface area contributed by atoms with Gasteiger partial charge in [0.1, 0.15) is 0 Å². The Morgan fingerprint density at radius 2 is 2.26 bits per heavy atom. The van der Waals surface area contributed by atoms with Crippen LogP contribution in [0.25, 0.3) is 0 Å². The van der Waals surface area contributed by atoms with Gasteiger partial charge in [0.25, 0.3) is 5.69 Å². The molecule has 2 rings (SSSR count). The fourth-order valence-electron chi connectivity index (χ4n) is 2.15. The van der Waals surface area contributed by atoms with E-state index in [1.165, 1.54) is 12.1 Å². The van der Waals surface area contributed by atoms with E-state index in [2.05, 4.69) is 10.6 Å². The maximum Gasteiger partial charge on any atom is 0.271 e. The van der Waals surface area contributed by atoms with Gasteiger partial charge in [-0.1, -0.05) is 12.5 Å². The van der Waals surface area contributed by atoms with Gasteiger partial charge in [-0.15, -0.1) is 0 Å². The SMILES string of the molecule is Cc1ccc([N+](=O)[O-])cc1NC(=O)[C@@H]1CCCCN1. The first kappa shape index (κ1) is 13.5. The molecule has 1 fully saturated rings. The minimum atomic E-state index is -0.464. The first-order valence-electron chi connectivity index (χ1n) is 6.37. The average Bonchev–Trinajstić information content (AvgIpc) is 2.42. The minimum absolute atomic E-state index is 0.0162. The summed E-state index contributed by atoms with van der Waals surface area (Å²) in [5.74, 6) is -0.122. The average molecular weight is 263 g/mol. The Kier molecular flexibility index (Phi) is 4.11. The molecule has 6 heteroatoms. The van der Waals surface area contributed by atoms with Crippen LogP contribution in [-0.4, -0.2) is 23.4 Å². The van der Waals surface area contributed by atoms with Crippen LogP contribution in [0.3, 0.4) is 0 Å². The number of anilines is 1. The number of aryl methyl sites for hydroxylation is 1. The van der Waals surface area contributed by atoms with Gasteiger partial charge in [-0.25, -0.2) is 0 Å². The second-order valence-electron chi connectivity index (χ2n) is 4.75. The summed E-state index contributed by atoms with van der Waals surface area (Å²) < 4.78 is 0. The van der Waals surface area contributed by atoms with Crippen molar-refractivity contribution in [3.05, 3.63) is 33.9 Å². The Morgan fingerprint density at radius 1 is 1.47 bits per heavy atom. The molecule has 102 valence electrons. The van der Waals surface area contributed by atoms with Gasteiger partial charge < -0.3 is 10.6 Å². The van der Waals surface area contributed by atoms with Crippen molar-refractivity contribution in [3.63, 3.8) is 0 Å². The van der Waals surface area contributed by atoms with Crippen molar-refractivity contribution in [1.82, 2.24) is 5.32 Å². The van der Waals surface area contributed by atoms with E-state index in [9.17, 15) is 14.9 Å². The zero-order valence-electron chi connectivity index (χ0n) is 10.8. The molecule has 19 heavy (non-hydrogen) atoms. The maximum absolute atomic E-state index is 12.1. The molecule has 0 aliphatic carbocycles. The number of hydrogen-bond donors (Lipinski definition) is 2. The zero-order chi connectivity index (χ0) is 13.8. The molecule has 0 bridgehead atoms. The maximum atomic E-state index is 12.1. The molecule has 1 aliphatic rings. The molecule has 1 aromatic carbocycles. The summed E-state index contributed by atoms with van der Waals surface area (Å²) in [7, 11) is 0. The highest BCUT2D eigenvalue weighted by atomic mass is 16.6. The number of non-ortho nitro benzene ring substituents is 1. The standard InChI is InChI=1S/C13H17N3O3/c1-9-5-6-10(16(18)19)8-12(9)15-13(17)11-4-2-3-7-14-11/h5-6,8,11,14H,2-4,7H2,1H3,(H,15,17)/t11-/m0/s1. The number of rotatable bonds is 3. The quantitative estimate of drug-likeness (QED) is 0.645. The first-order valence-corrected chi connectivity index (χ1v) is 6.37. The third-order valence-corrected chi connectivity index (χ3v) is 3.32. The lowest BCUT2D eigenvalue weighted by atomic mass is 10.0. The topological polar surface area (TPSA) is 84.3 Å². The third-order valence-electron chi connectivity index (χ3n) is 3.32. The molecule has 0 spiro atoms. The molecule has 1 aromatic rings. The van der Waals surface area contributed by atoms with E-state index in [0.29, 0.717) is 5.69 Å². The van der Waals surface area contributed by atoms with Crippen LogP contribution in [0.2, 0.25) is 0 Å². The highest BCUT2D eigenvalue weighted by Gasteiger charge is 2.21. The molecule has 2 N–H and O–H groups in total. The van der Waals surface area contributed by atoms with E-state index >= 15 is 0 Å². The largest absolute Gasteiger partial charge is 0.324 e. The molecule has 0 radical (unpaired) electrons. The number of nitrogens with one attached hydrogen (secondary N) is 2. The number of amides is 1. The van der Waals surface area contributed by atoms with Crippen molar-refractivity contribution < 1.29 is 9.72 Å². The predicted molar refractivity (Wildman–Crippen MR) is 72.1 cm³/mol. The van der Waals surface area contributed by atoms with Gasteiger partial charge in [-0.05, 0) is 31.9 Å². The van der Waals surface area contributed by atoms with Crippen LogP contribution >= 0.6 is 0 Å². The lowest BCUT2D eigenvalue weighted by Crippen LogP contribution is -2.43. The monoisotopic (exact) mass is 263 g/mol. The van der Waals surface area contributed by atoms with Crippen LogP contribution in [0, 0.1) is 17.0 Å². The molecule has 0 unspecified atom stereocenters. The van der Waals surface area contributed by atoms with Gasteiger partial charge >= 0.3 is 0 Å². The molecule has 6 nitrogen and oxygen atoms in total. The highest BCUT2D eigenvalue weighted by Crippen LogP contribution is 2.22. The predicted octanol–water partition coefficient (Wildman–Crippen LogP) is 1.98. The molecule has 1 aliphatic heterocycles. The van der Waals surface area contributed by atoms with Crippen LogP contribution < -0.4 is 10.6 Å². The molecular weight excluding hydrogens is 246 g/mol. The number of piperidine rings is 1. The molecule has 0 saturated carbocycles. The number of carbonyl (C=O) groups is 1. The van der Waals surface area contributed by atoms with E-state index in [0.717, 1.165) is 31.4 Å². The molecule has 1 saturated heterocycles. The number of nitrogens with zero attached hydrogens (tertiary/aromatic N) is 1. The van der Waals surface area contributed by atoms with Gasteiger partial charge in [-0.2, -0.15) is 0 Å². The second-order valence-corrected chi connectivity index (χ2v) is 4.75. The van der Waals surface area contributed by atoms with Crippen LogP contribution in [0.5, 0.6) is 0 Å². The Balaban J connectivity index is 2.11. The van der Waals surface area contributed by atoms with Crippen LogP contribution in [0.4, 0.5) is 11.4 Å². The van der Waals surface area contributed by atoms with Crippen LogP contribution in [-0.2, 0) is 4.79 Å². The van der Waals surface area contributed by atoms with E-state index in [4.69, 9.17) is 0 Å². The lowest BCUT2D eigenvalue weighted by molar-refractivity contribution is -0.384. The zero-order valence-corrected chi connectivity index (χ0v) is 10.8. The van der Waals surface area contributed by atoms with Crippen molar-refractivity contribution >= 4 is 17.3 Å². The van der Waals surface area contributed by atoms with E-state index < -0.39 is 4.92 Å². The van der Waals surface area contributed by atoms with Gasteiger partial charge in [0.15, 0.2) is 0 Å². The normalized spacial score (nSPS) is 18.9. The van der Waals surface area contributed by atoms with Crippen molar-refractivity contribution in [2.75, 3.05) is 11.9 Å². The Bertz CT molecular complexity index is 496. The van der Waals surface area contributed by atoms with Crippen molar-refractivity contribution in [2.24, 2.45) is 0 Å². The summed E-state index contributed by atoms with van der Waals surface area (Å²) in [6.45, 7) is 2.65. The molecule has 1 amide bonds.